The van der Waals surface area contributed by atoms with Crippen molar-refractivity contribution in [1.82, 2.24) is 24.6 Å². The van der Waals surface area contributed by atoms with Crippen LogP contribution in [0.4, 0.5) is 10.6 Å². The fraction of sp³-hybridized carbons (Fsp3) is 0.348. The summed E-state index contributed by atoms with van der Waals surface area (Å²) in [4.78, 5) is 31.3. The Bertz CT molecular complexity index is 1190. The van der Waals surface area contributed by atoms with Crippen LogP contribution in [0.1, 0.15) is 48.3 Å². The van der Waals surface area contributed by atoms with E-state index in [4.69, 9.17) is 9.47 Å². The van der Waals surface area contributed by atoms with Gasteiger partial charge in [-0.3, -0.25) is 9.69 Å². The molecule has 0 unspecified atom stereocenters. The second kappa shape index (κ2) is 9.27. The Morgan fingerprint density at radius 1 is 1.18 bits per heavy atom. The van der Waals surface area contributed by atoms with Crippen molar-refractivity contribution in [2.75, 3.05) is 19.0 Å². The smallest absolute Gasteiger partial charge is 0.410 e. The van der Waals surface area contributed by atoms with E-state index in [2.05, 4.69) is 20.5 Å². The first kappa shape index (κ1) is 22.3. The number of methoxy groups -OCH3 is 1. The van der Waals surface area contributed by atoms with Crippen LogP contribution in [0.25, 0.3) is 11.5 Å². The van der Waals surface area contributed by atoms with Gasteiger partial charge in [-0.15, -0.1) is 10.2 Å². The Balaban J connectivity index is 1.57. The van der Waals surface area contributed by atoms with Crippen molar-refractivity contribution in [2.45, 2.75) is 39.9 Å². The number of benzene rings is 1. The van der Waals surface area contributed by atoms with Gasteiger partial charge in [0.05, 0.1) is 19.3 Å². The molecule has 1 aliphatic heterocycles. The molecular weight excluding hydrogens is 424 g/mol. The van der Waals surface area contributed by atoms with Gasteiger partial charge >= 0.3 is 6.09 Å². The average molecular weight is 450 g/mol. The maximum absolute atomic E-state index is 13.1. The SMILES string of the molecule is CCOC(=O)N1Cc2cc(OC)c(C(=O)Nc3cccc(-c4nncn4C(C)C)n3)cc2C1. The summed E-state index contributed by atoms with van der Waals surface area (Å²) in [7, 11) is 1.51. The standard InChI is InChI=1S/C23H26N6O4/c1-5-33-23(31)28-11-15-9-17(19(32-4)10-16(15)12-28)22(30)26-20-8-6-7-18(25-20)21-27-24-13-29(21)14(2)3/h6-10,13-14H,5,11-12H2,1-4H3,(H,25,26,30). The van der Waals surface area contributed by atoms with Crippen LogP contribution in [-0.4, -0.2) is 50.4 Å². The number of carbonyl (C=O) groups excluding carboxylic acids is 2. The van der Waals surface area contributed by atoms with Crippen LogP contribution in [0.5, 0.6) is 5.75 Å². The minimum atomic E-state index is -0.381. The number of pyridine rings is 1. The molecule has 1 N–H and O–H groups in total. The first-order chi connectivity index (χ1) is 15.9. The molecule has 10 nitrogen and oxygen atoms in total. The van der Waals surface area contributed by atoms with Crippen LogP contribution in [0.2, 0.25) is 0 Å². The van der Waals surface area contributed by atoms with E-state index in [-0.39, 0.29) is 18.0 Å². The summed E-state index contributed by atoms with van der Waals surface area (Å²) in [6.45, 7) is 6.91. The van der Waals surface area contributed by atoms with Gasteiger partial charge in [-0.05, 0) is 56.2 Å². The minimum absolute atomic E-state index is 0.167. The van der Waals surface area contributed by atoms with E-state index in [1.807, 2.05) is 24.5 Å². The van der Waals surface area contributed by atoms with Gasteiger partial charge in [0, 0.05) is 19.1 Å². The number of hydrogen-bond acceptors (Lipinski definition) is 7. The van der Waals surface area contributed by atoms with Gasteiger partial charge in [-0.25, -0.2) is 9.78 Å². The van der Waals surface area contributed by atoms with Gasteiger partial charge in [0.25, 0.3) is 5.91 Å². The number of nitrogens with zero attached hydrogens (tertiary/aromatic N) is 5. The highest BCUT2D eigenvalue weighted by molar-refractivity contribution is 6.06. The van der Waals surface area contributed by atoms with Crippen molar-refractivity contribution in [3.63, 3.8) is 0 Å². The number of rotatable bonds is 6. The first-order valence-corrected chi connectivity index (χ1v) is 10.7. The molecule has 2 aromatic heterocycles. The number of amides is 2. The van der Waals surface area contributed by atoms with E-state index in [1.165, 1.54) is 7.11 Å². The molecule has 0 saturated carbocycles. The van der Waals surface area contributed by atoms with Gasteiger partial charge < -0.3 is 19.4 Å². The third-order valence-electron chi connectivity index (χ3n) is 5.36. The maximum Gasteiger partial charge on any atom is 0.410 e. The molecule has 33 heavy (non-hydrogen) atoms. The van der Waals surface area contributed by atoms with Crippen LogP contribution >= 0.6 is 0 Å². The van der Waals surface area contributed by atoms with Crippen LogP contribution in [0.15, 0.2) is 36.7 Å². The fourth-order valence-corrected chi connectivity index (χ4v) is 3.73. The number of aromatic nitrogens is 4. The lowest BCUT2D eigenvalue weighted by atomic mass is 10.0. The highest BCUT2D eigenvalue weighted by Crippen LogP contribution is 2.31. The van der Waals surface area contributed by atoms with E-state index < -0.39 is 0 Å². The Morgan fingerprint density at radius 2 is 1.94 bits per heavy atom. The molecule has 0 saturated heterocycles. The molecule has 0 atom stereocenters. The van der Waals surface area contributed by atoms with E-state index in [0.29, 0.717) is 48.3 Å². The maximum atomic E-state index is 13.1. The summed E-state index contributed by atoms with van der Waals surface area (Å²) in [6.07, 6.45) is 1.27. The third-order valence-corrected chi connectivity index (χ3v) is 5.36. The van der Waals surface area contributed by atoms with E-state index in [1.54, 1.807) is 42.4 Å². The quantitative estimate of drug-likeness (QED) is 0.610. The van der Waals surface area contributed by atoms with Gasteiger partial charge in [-0.1, -0.05) is 6.07 Å². The van der Waals surface area contributed by atoms with Crippen molar-refractivity contribution in [1.29, 1.82) is 0 Å². The number of fused-ring (bicyclic) bond motifs is 1. The molecule has 172 valence electrons. The highest BCUT2D eigenvalue weighted by Gasteiger charge is 2.27. The Kier molecular flexibility index (Phi) is 6.25. The number of ether oxygens (including phenoxy) is 2. The third kappa shape index (κ3) is 4.50. The molecule has 3 heterocycles. The Labute approximate surface area is 191 Å². The van der Waals surface area contributed by atoms with Crippen LogP contribution in [-0.2, 0) is 17.8 Å². The van der Waals surface area contributed by atoms with Crippen LogP contribution in [0, 0.1) is 0 Å². The monoisotopic (exact) mass is 450 g/mol. The molecule has 2 amide bonds. The van der Waals surface area contributed by atoms with Crippen molar-refractivity contribution in [2.24, 2.45) is 0 Å². The minimum Gasteiger partial charge on any atom is -0.496 e. The van der Waals surface area contributed by atoms with Crippen molar-refractivity contribution in [3.8, 4) is 17.3 Å². The zero-order valence-corrected chi connectivity index (χ0v) is 19.0. The molecule has 10 heteroatoms. The van der Waals surface area contributed by atoms with Gasteiger partial charge in [0.2, 0.25) is 0 Å². The van der Waals surface area contributed by atoms with Crippen molar-refractivity contribution >= 4 is 17.8 Å². The fourth-order valence-electron chi connectivity index (χ4n) is 3.73. The molecule has 1 aliphatic rings. The lowest BCUT2D eigenvalue weighted by Gasteiger charge is -2.13. The molecule has 0 aliphatic carbocycles. The number of hydrogen-bond donors (Lipinski definition) is 1. The predicted molar refractivity (Wildman–Crippen MR) is 121 cm³/mol. The molecule has 0 fully saturated rings. The average Bonchev–Trinajstić information content (AvgIpc) is 3.45. The van der Waals surface area contributed by atoms with Crippen molar-refractivity contribution < 1.29 is 19.1 Å². The summed E-state index contributed by atoms with van der Waals surface area (Å²) >= 11 is 0. The molecule has 4 rings (SSSR count). The first-order valence-electron chi connectivity index (χ1n) is 10.7. The molecule has 3 aromatic rings. The van der Waals surface area contributed by atoms with Gasteiger partial charge in [0.15, 0.2) is 5.82 Å². The van der Waals surface area contributed by atoms with E-state index in [0.717, 1.165) is 11.1 Å². The normalized spacial score (nSPS) is 12.6. The van der Waals surface area contributed by atoms with Gasteiger partial charge in [-0.2, -0.15) is 0 Å². The Morgan fingerprint density at radius 3 is 2.64 bits per heavy atom. The summed E-state index contributed by atoms with van der Waals surface area (Å²) in [6, 6.07) is 9.03. The molecule has 0 radical (unpaired) electrons. The highest BCUT2D eigenvalue weighted by atomic mass is 16.6. The summed E-state index contributed by atoms with van der Waals surface area (Å²) in [5, 5.41) is 11.0. The molecular formula is C23H26N6O4. The van der Waals surface area contributed by atoms with E-state index >= 15 is 0 Å². The van der Waals surface area contributed by atoms with Gasteiger partial charge in [0.1, 0.15) is 23.6 Å². The van der Waals surface area contributed by atoms with Crippen LogP contribution in [0.3, 0.4) is 0 Å². The molecule has 0 bridgehead atoms. The molecule has 0 spiro atoms. The lowest BCUT2D eigenvalue weighted by Crippen LogP contribution is -2.25. The topological polar surface area (TPSA) is 111 Å². The summed E-state index contributed by atoms with van der Waals surface area (Å²) in [5.74, 6) is 1.06. The molecule has 1 aromatic carbocycles. The van der Waals surface area contributed by atoms with Crippen LogP contribution < -0.4 is 10.1 Å². The van der Waals surface area contributed by atoms with E-state index in [9.17, 15) is 9.59 Å². The largest absolute Gasteiger partial charge is 0.496 e. The second-order valence-corrected chi connectivity index (χ2v) is 7.89. The lowest BCUT2D eigenvalue weighted by molar-refractivity contribution is 0.102. The zero-order valence-electron chi connectivity index (χ0n) is 19.0. The van der Waals surface area contributed by atoms with Crippen molar-refractivity contribution in [3.05, 3.63) is 53.3 Å². The Hall–Kier alpha value is -3.95. The number of anilines is 1. The summed E-state index contributed by atoms with van der Waals surface area (Å²) in [5.41, 5.74) is 2.76. The number of carbonyl (C=O) groups is 2. The number of nitrogens with one attached hydrogen (secondary N) is 1. The summed E-state index contributed by atoms with van der Waals surface area (Å²) < 4.78 is 12.5. The predicted octanol–water partition coefficient (Wildman–Crippen LogP) is 3.65. The zero-order chi connectivity index (χ0) is 23.5. The second-order valence-electron chi connectivity index (χ2n) is 7.89.